The second-order valence-electron chi connectivity index (χ2n) is 5.41. The number of ether oxygens (including phenoxy) is 1. The van der Waals surface area contributed by atoms with Crippen LogP contribution < -0.4 is 0 Å². The molecule has 0 aliphatic rings. The van der Waals surface area contributed by atoms with E-state index in [0.29, 0.717) is 24.5 Å². The van der Waals surface area contributed by atoms with Crippen LogP contribution in [-0.4, -0.2) is 22.8 Å². The van der Waals surface area contributed by atoms with Crippen LogP contribution >= 0.6 is 0 Å². The minimum absolute atomic E-state index is 0.0113. The van der Waals surface area contributed by atoms with Crippen molar-refractivity contribution >= 4 is 5.97 Å². The van der Waals surface area contributed by atoms with Crippen LogP contribution in [0.2, 0.25) is 0 Å². The van der Waals surface area contributed by atoms with Crippen molar-refractivity contribution < 1.29 is 19.7 Å². The van der Waals surface area contributed by atoms with Gasteiger partial charge in [-0.05, 0) is 30.4 Å². The Hall–Kier alpha value is -1.71. The summed E-state index contributed by atoms with van der Waals surface area (Å²) in [6.07, 6.45) is 5.09. The lowest BCUT2D eigenvalue weighted by Crippen LogP contribution is -2.14. The van der Waals surface area contributed by atoms with Crippen molar-refractivity contribution in [3.63, 3.8) is 0 Å². The highest BCUT2D eigenvalue weighted by atomic mass is 16.5. The summed E-state index contributed by atoms with van der Waals surface area (Å²) in [6, 6.07) is 4.39. The van der Waals surface area contributed by atoms with Crippen LogP contribution in [0.15, 0.2) is 18.2 Å². The average Bonchev–Trinajstić information content (AvgIpc) is 2.46. The Kier molecular flexibility index (Phi) is 7.65. The molecule has 0 saturated carbocycles. The maximum Gasteiger partial charge on any atom is 0.306 e. The molecule has 0 amide bonds. The zero-order valence-corrected chi connectivity index (χ0v) is 13.0. The molecule has 0 aliphatic heterocycles. The lowest BCUT2D eigenvalue weighted by Gasteiger charge is -2.14. The standard InChI is InChI=1S/C17H26O4/c1-3-5-6-13(4-2)12-21-17(20)10-8-14-7-9-15(18)11-16(14)19/h7,9,11,13,18-19H,3-6,8,10,12H2,1-2H3. The number of rotatable bonds is 9. The lowest BCUT2D eigenvalue weighted by atomic mass is 10.0. The lowest BCUT2D eigenvalue weighted by molar-refractivity contribution is -0.145. The van der Waals surface area contributed by atoms with Crippen molar-refractivity contribution in [1.29, 1.82) is 0 Å². The van der Waals surface area contributed by atoms with Crippen molar-refractivity contribution in [3.8, 4) is 11.5 Å². The number of phenolic OH excluding ortho intramolecular Hbond substituents is 2. The summed E-state index contributed by atoms with van der Waals surface area (Å²) in [5.41, 5.74) is 0.641. The minimum Gasteiger partial charge on any atom is -0.508 e. The maximum atomic E-state index is 11.7. The summed E-state index contributed by atoms with van der Waals surface area (Å²) < 4.78 is 5.31. The van der Waals surface area contributed by atoms with E-state index in [0.717, 1.165) is 25.7 Å². The number of hydrogen-bond acceptors (Lipinski definition) is 4. The third-order valence-corrected chi connectivity index (χ3v) is 3.69. The molecule has 0 radical (unpaired) electrons. The Morgan fingerprint density at radius 1 is 1.29 bits per heavy atom. The smallest absolute Gasteiger partial charge is 0.306 e. The van der Waals surface area contributed by atoms with Gasteiger partial charge in [-0.1, -0.05) is 39.2 Å². The molecule has 4 nitrogen and oxygen atoms in total. The van der Waals surface area contributed by atoms with E-state index < -0.39 is 0 Å². The number of unbranched alkanes of at least 4 members (excludes halogenated alkanes) is 1. The second-order valence-corrected chi connectivity index (χ2v) is 5.41. The van der Waals surface area contributed by atoms with E-state index >= 15 is 0 Å². The first-order valence-corrected chi connectivity index (χ1v) is 7.73. The molecule has 0 saturated heterocycles. The Bertz CT molecular complexity index is 442. The highest BCUT2D eigenvalue weighted by Crippen LogP contribution is 2.23. The molecule has 118 valence electrons. The summed E-state index contributed by atoms with van der Waals surface area (Å²) in [5.74, 6) is 0.228. The average molecular weight is 294 g/mol. The fourth-order valence-corrected chi connectivity index (χ4v) is 2.18. The normalized spacial score (nSPS) is 12.1. The first-order chi connectivity index (χ1) is 10.1. The quantitative estimate of drug-likeness (QED) is 0.680. The van der Waals surface area contributed by atoms with Gasteiger partial charge < -0.3 is 14.9 Å². The van der Waals surface area contributed by atoms with Crippen LogP contribution in [0, 0.1) is 5.92 Å². The Labute approximate surface area is 126 Å². The van der Waals surface area contributed by atoms with Gasteiger partial charge in [-0.2, -0.15) is 0 Å². The Morgan fingerprint density at radius 3 is 2.67 bits per heavy atom. The monoisotopic (exact) mass is 294 g/mol. The zero-order chi connectivity index (χ0) is 15.7. The summed E-state index contributed by atoms with van der Waals surface area (Å²) >= 11 is 0. The van der Waals surface area contributed by atoms with Crippen LogP contribution in [0.5, 0.6) is 11.5 Å². The van der Waals surface area contributed by atoms with Gasteiger partial charge in [-0.25, -0.2) is 0 Å². The molecular weight excluding hydrogens is 268 g/mol. The molecule has 21 heavy (non-hydrogen) atoms. The zero-order valence-electron chi connectivity index (χ0n) is 13.0. The third kappa shape index (κ3) is 6.52. The fourth-order valence-electron chi connectivity index (χ4n) is 2.18. The van der Waals surface area contributed by atoms with E-state index in [1.807, 2.05) is 0 Å². The molecule has 0 fully saturated rings. The first kappa shape index (κ1) is 17.3. The molecule has 0 aromatic heterocycles. The highest BCUT2D eigenvalue weighted by Gasteiger charge is 2.11. The Morgan fingerprint density at radius 2 is 2.05 bits per heavy atom. The molecule has 4 heteroatoms. The molecule has 1 rings (SSSR count). The molecule has 0 heterocycles. The SMILES string of the molecule is CCCCC(CC)COC(=O)CCc1ccc(O)cc1O. The van der Waals surface area contributed by atoms with Crippen LogP contribution in [0.1, 0.15) is 51.5 Å². The molecule has 1 atom stereocenters. The van der Waals surface area contributed by atoms with Gasteiger partial charge in [-0.3, -0.25) is 4.79 Å². The number of hydrogen-bond donors (Lipinski definition) is 2. The third-order valence-electron chi connectivity index (χ3n) is 3.69. The van der Waals surface area contributed by atoms with E-state index in [1.165, 1.54) is 12.1 Å². The number of benzene rings is 1. The predicted molar refractivity (Wildman–Crippen MR) is 82.4 cm³/mol. The van der Waals surface area contributed by atoms with E-state index in [2.05, 4.69) is 13.8 Å². The minimum atomic E-state index is -0.238. The van der Waals surface area contributed by atoms with Crippen LogP contribution in [0.25, 0.3) is 0 Å². The van der Waals surface area contributed by atoms with E-state index in [1.54, 1.807) is 6.07 Å². The van der Waals surface area contributed by atoms with E-state index in [4.69, 9.17) is 4.74 Å². The molecule has 1 aromatic rings. The number of carbonyl (C=O) groups excluding carboxylic acids is 1. The molecule has 0 spiro atoms. The largest absolute Gasteiger partial charge is 0.508 e. The Balaban J connectivity index is 2.33. The van der Waals surface area contributed by atoms with Gasteiger partial charge >= 0.3 is 5.97 Å². The molecule has 2 N–H and O–H groups in total. The van der Waals surface area contributed by atoms with Gasteiger partial charge in [0.1, 0.15) is 11.5 Å². The number of esters is 1. The predicted octanol–water partition coefficient (Wildman–Crippen LogP) is 3.79. The topological polar surface area (TPSA) is 66.8 Å². The van der Waals surface area contributed by atoms with E-state index in [-0.39, 0.29) is 23.9 Å². The van der Waals surface area contributed by atoms with Crippen molar-refractivity contribution in [2.45, 2.75) is 52.4 Å². The number of aromatic hydroxyl groups is 2. The molecule has 0 bridgehead atoms. The van der Waals surface area contributed by atoms with Gasteiger partial charge in [-0.15, -0.1) is 0 Å². The molecular formula is C17H26O4. The van der Waals surface area contributed by atoms with Crippen LogP contribution in [0.4, 0.5) is 0 Å². The van der Waals surface area contributed by atoms with Gasteiger partial charge in [0.25, 0.3) is 0 Å². The highest BCUT2D eigenvalue weighted by molar-refractivity contribution is 5.69. The van der Waals surface area contributed by atoms with Crippen molar-refractivity contribution in [2.24, 2.45) is 5.92 Å². The maximum absolute atomic E-state index is 11.7. The summed E-state index contributed by atoms with van der Waals surface area (Å²) in [4.78, 5) is 11.7. The second kappa shape index (κ2) is 9.27. The van der Waals surface area contributed by atoms with Crippen molar-refractivity contribution in [3.05, 3.63) is 23.8 Å². The van der Waals surface area contributed by atoms with Gasteiger partial charge in [0.15, 0.2) is 0 Å². The number of phenols is 2. The number of carbonyl (C=O) groups is 1. The van der Waals surface area contributed by atoms with Crippen molar-refractivity contribution in [2.75, 3.05) is 6.61 Å². The van der Waals surface area contributed by atoms with Crippen molar-refractivity contribution in [1.82, 2.24) is 0 Å². The summed E-state index contributed by atoms with van der Waals surface area (Å²) in [7, 11) is 0. The fraction of sp³-hybridized carbons (Fsp3) is 0.588. The molecule has 1 unspecified atom stereocenters. The van der Waals surface area contributed by atoms with Gasteiger partial charge in [0.05, 0.1) is 6.61 Å². The van der Waals surface area contributed by atoms with Gasteiger partial charge in [0, 0.05) is 12.5 Å². The van der Waals surface area contributed by atoms with E-state index in [9.17, 15) is 15.0 Å². The van der Waals surface area contributed by atoms with Gasteiger partial charge in [0.2, 0.25) is 0 Å². The molecule has 0 aliphatic carbocycles. The van der Waals surface area contributed by atoms with Crippen LogP contribution in [-0.2, 0) is 16.0 Å². The summed E-state index contributed by atoms with van der Waals surface area (Å²) in [6.45, 7) is 4.75. The summed E-state index contributed by atoms with van der Waals surface area (Å²) in [5, 5.41) is 18.9. The first-order valence-electron chi connectivity index (χ1n) is 7.73. The molecule has 1 aromatic carbocycles. The van der Waals surface area contributed by atoms with Crippen LogP contribution in [0.3, 0.4) is 0 Å². The number of aryl methyl sites for hydroxylation is 1.